The smallest absolute Gasteiger partial charge is 0.282 e. The molecule has 0 amide bonds. The van der Waals surface area contributed by atoms with E-state index in [1.807, 2.05) is 74.5 Å². The third-order valence-corrected chi connectivity index (χ3v) is 6.01. The van der Waals surface area contributed by atoms with Gasteiger partial charge in [-0.05, 0) is 68.1 Å². The second-order valence-electron chi connectivity index (χ2n) is 8.26. The number of nitrogens with zero attached hydrogens (tertiary/aromatic N) is 3. The number of hydrogen-bond acceptors (Lipinski definition) is 4. The molecule has 0 saturated carbocycles. The largest absolute Gasteiger partial charge is 0.508 e. The summed E-state index contributed by atoms with van der Waals surface area (Å²) >= 11 is 0. The van der Waals surface area contributed by atoms with E-state index in [2.05, 4.69) is 16.7 Å². The van der Waals surface area contributed by atoms with Crippen LogP contribution < -0.4 is 5.56 Å². The summed E-state index contributed by atoms with van der Waals surface area (Å²) in [5.41, 5.74) is 7.30. The monoisotopic (exact) mass is 460 g/mol. The van der Waals surface area contributed by atoms with Crippen molar-refractivity contribution in [1.82, 2.24) is 14.6 Å². The maximum absolute atomic E-state index is 13.8. The van der Waals surface area contributed by atoms with Crippen LogP contribution in [0.3, 0.4) is 0 Å². The number of H-pyrrole nitrogens is 1. The lowest BCUT2D eigenvalue weighted by Crippen LogP contribution is -2.19. The molecule has 35 heavy (non-hydrogen) atoms. The molecule has 0 saturated heterocycles. The van der Waals surface area contributed by atoms with E-state index in [0.717, 1.165) is 39.2 Å². The Kier molecular flexibility index (Phi) is 5.63. The molecule has 2 N–H and O–H groups in total. The van der Waals surface area contributed by atoms with Crippen LogP contribution in [0, 0.1) is 6.92 Å². The number of aromatic nitrogens is 3. The van der Waals surface area contributed by atoms with Crippen molar-refractivity contribution in [1.29, 1.82) is 0 Å². The van der Waals surface area contributed by atoms with E-state index in [9.17, 15) is 9.90 Å². The molecule has 6 heteroatoms. The average molecular weight is 461 g/mol. The van der Waals surface area contributed by atoms with Gasteiger partial charge in [-0.1, -0.05) is 48.6 Å². The van der Waals surface area contributed by atoms with E-state index in [-0.39, 0.29) is 11.3 Å². The molecular weight excluding hydrogens is 436 g/mol. The minimum absolute atomic E-state index is 0.169. The molecule has 0 aliphatic carbocycles. The van der Waals surface area contributed by atoms with Crippen molar-refractivity contribution in [3.8, 4) is 39.3 Å². The zero-order valence-corrected chi connectivity index (χ0v) is 19.5. The van der Waals surface area contributed by atoms with Gasteiger partial charge in [-0.15, -0.1) is 0 Å². The van der Waals surface area contributed by atoms with Gasteiger partial charge >= 0.3 is 0 Å². The van der Waals surface area contributed by atoms with Crippen LogP contribution in [0.1, 0.15) is 18.2 Å². The van der Waals surface area contributed by atoms with Crippen LogP contribution in [0.4, 0.5) is 5.69 Å². The zero-order valence-electron chi connectivity index (χ0n) is 19.5. The number of aromatic amines is 1. The second kappa shape index (κ2) is 8.91. The van der Waals surface area contributed by atoms with Crippen molar-refractivity contribution in [2.45, 2.75) is 13.8 Å². The Morgan fingerprint density at radius 2 is 1.69 bits per heavy atom. The molecule has 3 aromatic carbocycles. The Hall–Kier alpha value is -4.71. The number of aliphatic imine (C=N–C) groups is 1. The van der Waals surface area contributed by atoms with Gasteiger partial charge in [0.05, 0.1) is 16.8 Å². The van der Waals surface area contributed by atoms with E-state index < -0.39 is 0 Å². The van der Waals surface area contributed by atoms with Crippen molar-refractivity contribution in [2.75, 3.05) is 0 Å². The van der Waals surface area contributed by atoms with Crippen molar-refractivity contribution in [2.24, 2.45) is 4.99 Å². The van der Waals surface area contributed by atoms with Gasteiger partial charge in [0.2, 0.25) is 0 Å². The van der Waals surface area contributed by atoms with E-state index in [4.69, 9.17) is 5.10 Å². The molecule has 0 spiro atoms. The molecule has 0 radical (unpaired) electrons. The second-order valence-corrected chi connectivity index (χ2v) is 8.26. The first-order chi connectivity index (χ1) is 17.0. The summed E-state index contributed by atoms with van der Waals surface area (Å²) in [4.78, 5) is 21.4. The highest BCUT2D eigenvalue weighted by Gasteiger charge is 2.21. The zero-order chi connectivity index (χ0) is 24.5. The van der Waals surface area contributed by atoms with Crippen LogP contribution in [0.15, 0.2) is 88.7 Å². The Bertz CT molecular complexity index is 1640. The summed E-state index contributed by atoms with van der Waals surface area (Å²) < 4.78 is 1.43. The summed E-state index contributed by atoms with van der Waals surface area (Å²) in [6, 6.07) is 22.4. The number of hydrogen-bond donors (Lipinski definition) is 2. The van der Waals surface area contributed by atoms with Crippen molar-refractivity contribution in [3.63, 3.8) is 0 Å². The van der Waals surface area contributed by atoms with E-state index in [1.54, 1.807) is 24.3 Å². The fraction of sp³-hybridized carbons (Fsp3) is 0.0690. The molecule has 2 heterocycles. The molecule has 0 fully saturated rings. The van der Waals surface area contributed by atoms with Gasteiger partial charge in [-0.3, -0.25) is 9.79 Å². The maximum Gasteiger partial charge on any atom is 0.282 e. The fourth-order valence-electron chi connectivity index (χ4n) is 4.39. The fourth-order valence-corrected chi connectivity index (χ4v) is 4.39. The number of aromatic hydroxyl groups is 1. The van der Waals surface area contributed by atoms with Crippen molar-refractivity contribution >= 4 is 24.1 Å². The highest BCUT2D eigenvalue weighted by atomic mass is 16.3. The number of benzene rings is 3. The number of phenols is 1. The third kappa shape index (κ3) is 3.85. The summed E-state index contributed by atoms with van der Waals surface area (Å²) in [5.74, 6) is 0.169. The highest BCUT2D eigenvalue weighted by Crippen LogP contribution is 2.35. The van der Waals surface area contributed by atoms with Gasteiger partial charge in [0.15, 0.2) is 0 Å². The average Bonchev–Trinajstić information content (AvgIpc) is 3.25. The first kappa shape index (κ1) is 22.1. The number of fused-ring (bicyclic) bond motifs is 1. The van der Waals surface area contributed by atoms with Gasteiger partial charge in [0, 0.05) is 16.8 Å². The first-order valence-corrected chi connectivity index (χ1v) is 11.3. The quantitative estimate of drug-likeness (QED) is 0.298. The first-order valence-electron chi connectivity index (χ1n) is 11.3. The van der Waals surface area contributed by atoms with Gasteiger partial charge in [-0.25, -0.2) is 0 Å². The standard InChI is InChI=1S/C29H24N4O2/c1-4-8-21-17-22(13-16-24(21)30-3)25-18(2)31-28-26(19-9-6-5-7-10-19)27(32-33(28)29(25)35)20-11-14-23(34)15-12-20/h4-17,31,34H,3H2,1-2H3/b8-4-. The summed E-state index contributed by atoms with van der Waals surface area (Å²) in [5, 5.41) is 14.5. The van der Waals surface area contributed by atoms with E-state index in [1.165, 1.54) is 4.52 Å². The molecule has 5 rings (SSSR count). The van der Waals surface area contributed by atoms with Crippen molar-refractivity contribution < 1.29 is 5.11 Å². The predicted octanol–water partition coefficient (Wildman–Crippen LogP) is 6.40. The number of aryl methyl sites for hydroxylation is 1. The molecule has 0 aliphatic heterocycles. The predicted molar refractivity (Wildman–Crippen MR) is 142 cm³/mol. The normalized spacial score (nSPS) is 11.4. The molecule has 0 unspecified atom stereocenters. The molecule has 172 valence electrons. The van der Waals surface area contributed by atoms with Gasteiger partial charge < -0.3 is 10.1 Å². The Labute approximate surface area is 202 Å². The SMILES string of the molecule is C=Nc1ccc(-c2c(C)[nH]c3c(-c4ccccc4)c(-c4ccc(O)cc4)nn3c2=O)cc1/C=C\C. The summed E-state index contributed by atoms with van der Waals surface area (Å²) in [7, 11) is 0. The number of allylic oxidation sites excluding steroid dienone is 1. The molecule has 0 aliphatic rings. The minimum atomic E-state index is -0.218. The van der Waals surface area contributed by atoms with Crippen molar-refractivity contribution in [3.05, 3.63) is 100 Å². The molecule has 5 aromatic rings. The topological polar surface area (TPSA) is 82.8 Å². The van der Waals surface area contributed by atoms with Crippen LogP contribution in [0.2, 0.25) is 0 Å². The number of phenolic OH excluding ortho intramolecular Hbond substituents is 1. The third-order valence-electron chi connectivity index (χ3n) is 6.01. The van der Waals surface area contributed by atoms with Crippen LogP contribution in [-0.2, 0) is 0 Å². The van der Waals surface area contributed by atoms with Gasteiger partial charge in [0.1, 0.15) is 17.1 Å². The van der Waals surface area contributed by atoms with Crippen LogP contribution in [-0.4, -0.2) is 26.4 Å². The summed E-state index contributed by atoms with van der Waals surface area (Å²) in [6.45, 7) is 7.48. The lowest BCUT2D eigenvalue weighted by molar-refractivity contribution is 0.475. The highest BCUT2D eigenvalue weighted by molar-refractivity contribution is 5.91. The van der Waals surface area contributed by atoms with Crippen LogP contribution >= 0.6 is 0 Å². The lowest BCUT2D eigenvalue weighted by atomic mass is 10.00. The molecular formula is C29H24N4O2. The van der Waals surface area contributed by atoms with Gasteiger partial charge in [-0.2, -0.15) is 9.61 Å². The Morgan fingerprint density at radius 1 is 0.971 bits per heavy atom. The molecule has 6 nitrogen and oxygen atoms in total. The Morgan fingerprint density at radius 3 is 2.37 bits per heavy atom. The van der Waals surface area contributed by atoms with Crippen LogP contribution in [0.25, 0.3) is 45.2 Å². The van der Waals surface area contributed by atoms with Gasteiger partial charge in [0.25, 0.3) is 5.56 Å². The minimum Gasteiger partial charge on any atom is -0.508 e. The number of rotatable bonds is 5. The lowest BCUT2D eigenvalue weighted by Gasteiger charge is -2.10. The molecule has 0 bridgehead atoms. The maximum atomic E-state index is 13.8. The number of nitrogens with one attached hydrogen (secondary N) is 1. The Balaban J connectivity index is 1.81. The van der Waals surface area contributed by atoms with Crippen LogP contribution in [0.5, 0.6) is 5.75 Å². The van der Waals surface area contributed by atoms with E-state index in [0.29, 0.717) is 16.9 Å². The van der Waals surface area contributed by atoms with E-state index >= 15 is 0 Å². The molecule has 2 aromatic heterocycles. The molecule has 0 atom stereocenters. The summed E-state index contributed by atoms with van der Waals surface area (Å²) in [6.07, 6.45) is 3.87.